The second-order valence-corrected chi connectivity index (χ2v) is 7.42. The zero-order chi connectivity index (χ0) is 19.2. The number of benzene rings is 2. The zero-order valence-corrected chi connectivity index (χ0v) is 15.4. The first-order valence-corrected chi connectivity index (χ1v) is 9.40. The summed E-state index contributed by atoms with van der Waals surface area (Å²) in [7, 11) is -2.17. The third kappa shape index (κ3) is 5.25. The first-order chi connectivity index (χ1) is 12.3. The van der Waals surface area contributed by atoms with E-state index in [0.717, 1.165) is 5.56 Å². The van der Waals surface area contributed by atoms with Crippen LogP contribution in [0.3, 0.4) is 0 Å². The predicted octanol–water partition coefficient (Wildman–Crippen LogP) is 1.98. The first kappa shape index (κ1) is 19.8. The van der Waals surface area contributed by atoms with E-state index in [0.29, 0.717) is 18.7 Å². The van der Waals surface area contributed by atoms with Gasteiger partial charge in [-0.05, 0) is 30.7 Å². The summed E-state index contributed by atoms with van der Waals surface area (Å²) in [5.41, 5.74) is 1.59. The Hall–Kier alpha value is -2.49. The molecule has 0 fully saturated rings. The monoisotopic (exact) mass is 379 g/mol. The second kappa shape index (κ2) is 8.75. The molecular formula is C17H21N3O5S. The van der Waals surface area contributed by atoms with Crippen LogP contribution < -0.4 is 14.8 Å². The highest BCUT2D eigenvalue weighted by atomic mass is 32.2. The van der Waals surface area contributed by atoms with E-state index >= 15 is 0 Å². The molecule has 0 atom stereocenters. The van der Waals surface area contributed by atoms with Crippen molar-refractivity contribution in [3.05, 3.63) is 63.7 Å². The van der Waals surface area contributed by atoms with Crippen LogP contribution in [0.1, 0.15) is 11.1 Å². The number of ether oxygens (including phenoxy) is 1. The number of hydrogen-bond acceptors (Lipinski definition) is 6. The molecule has 0 saturated heterocycles. The van der Waals surface area contributed by atoms with Crippen molar-refractivity contribution in [3.63, 3.8) is 0 Å². The normalized spacial score (nSPS) is 11.3. The van der Waals surface area contributed by atoms with Crippen molar-refractivity contribution < 1.29 is 18.1 Å². The van der Waals surface area contributed by atoms with Gasteiger partial charge >= 0.3 is 5.69 Å². The summed E-state index contributed by atoms with van der Waals surface area (Å²) in [6.07, 6.45) is 0. The number of sulfonamides is 1. The minimum Gasteiger partial charge on any atom is -0.490 e. The Morgan fingerprint density at radius 1 is 1.12 bits per heavy atom. The van der Waals surface area contributed by atoms with Gasteiger partial charge in [0.05, 0.1) is 16.9 Å². The average Bonchev–Trinajstić information content (AvgIpc) is 2.61. The van der Waals surface area contributed by atoms with E-state index in [1.54, 1.807) is 30.3 Å². The molecule has 0 aromatic heterocycles. The summed E-state index contributed by atoms with van der Waals surface area (Å²) in [6.45, 7) is 2.84. The third-order valence-electron chi connectivity index (χ3n) is 3.69. The van der Waals surface area contributed by atoms with Gasteiger partial charge in [0.2, 0.25) is 10.0 Å². The summed E-state index contributed by atoms with van der Waals surface area (Å²) in [6, 6.07) is 11.3. The van der Waals surface area contributed by atoms with E-state index in [4.69, 9.17) is 4.74 Å². The van der Waals surface area contributed by atoms with E-state index < -0.39 is 14.9 Å². The topological polar surface area (TPSA) is 111 Å². The molecule has 0 aliphatic rings. The standard InChI is InChI=1S/C17H21N3O5S/c1-13-3-6-15(7-4-13)26(23,24)19-10-9-18-12-14-5-8-17(25-2)16(11-14)20(21)22/h3-8,11,18-19H,9-10,12H2,1-2H3. The third-order valence-corrected chi connectivity index (χ3v) is 5.17. The Balaban J connectivity index is 1.84. The molecule has 2 aromatic rings. The van der Waals surface area contributed by atoms with E-state index in [1.165, 1.54) is 19.2 Å². The van der Waals surface area contributed by atoms with Crippen molar-refractivity contribution in [2.45, 2.75) is 18.4 Å². The number of rotatable bonds is 9. The predicted molar refractivity (Wildman–Crippen MR) is 97.7 cm³/mol. The second-order valence-electron chi connectivity index (χ2n) is 5.65. The molecule has 8 nitrogen and oxygen atoms in total. The van der Waals surface area contributed by atoms with E-state index in [2.05, 4.69) is 10.0 Å². The van der Waals surface area contributed by atoms with Crippen LogP contribution in [0.2, 0.25) is 0 Å². The lowest BCUT2D eigenvalue weighted by Gasteiger charge is -2.09. The van der Waals surface area contributed by atoms with Crippen LogP contribution >= 0.6 is 0 Å². The number of methoxy groups -OCH3 is 1. The van der Waals surface area contributed by atoms with Crippen LogP contribution in [0.25, 0.3) is 0 Å². The smallest absolute Gasteiger partial charge is 0.311 e. The molecule has 26 heavy (non-hydrogen) atoms. The molecule has 0 unspecified atom stereocenters. The van der Waals surface area contributed by atoms with Crippen LogP contribution in [0.15, 0.2) is 47.4 Å². The molecule has 2 rings (SSSR count). The molecule has 0 amide bonds. The lowest BCUT2D eigenvalue weighted by atomic mass is 10.2. The summed E-state index contributed by atoms with van der Waals surface area (Å²) in [5.74, 6) is 0.199. The number of nitro groups is 1. The van der Waals surface area contributed by atoms with Gasteiger partial charge in [0, 0.05) is 25.7 Å². The summed E-state index contributed by atoms with van der Waals surface area (Å²) in [4.78, 5) is 10.7. The molecule has 0 spiro atoms. The van der Waals surface area contributed by atoms with Crippen molar-refractivity contribution in [2.75, 3.05) is 20.2 Å². The average molecular weight is 379 g/mol. The van der Waals surface area contributed by atoms with Crippen LogP contribution in [0, 0.1) is 17.0 Å². The highest BCUT2D eigenvalue weighted by Gasteiger charge is 2.15. The molecule has 0 saturated carbocycles. The highest BCUT2D eigenvalue weighted by molar-refractivity contribution is 7.89. The van der Waals surface area contributed by atoms with Gasteiger partial charge in [-0.2, -0.15) is 0 Å². The Kier molecular flexibility index (Phi) is 6.67. The highest BCUT2D eigenvalue weighted by Crippen LogP contribution is 2.27. The van der Waals surface area contributed by atoms with Crippen molar-refractivity contribution >= 4 is 15.7 Å². The Bertz CT molecular complexity index is 866. The molecule has 0 aliphatic carbocycles. The Morgan fingerprint density at radius 2 is 1.81 bits per heavy atom. The maximum absolute atomic E-state index is 12.1. The van der Waals surface area contributed by atoms with Gasteiger partial charge in [0.15, 0.2) is 5.75 Å². The van der Waals surface area contributed by atoms with Crippen molar-refractivity contribution in [2.24, 2.45) is 0 Å². The van der Waals surface area contributed by atoms with Gasteiger partial charge in [0.1, 0.15) is 0 Å². The van der Waals surface area contributed by atoms with E-state index in [1.807, 2.05) is 6.92 Å². The van der Waals surface area contributed by atoms with Gasteiger partial charge < -0.3 is 10.1 Å². The van der Waals surface area contributed by atoms with Crippen molar-refractivity contribution in [1.29, 1.82) is 0 Å². The Morgan fingerprint density at radius 3 is 2.42 bits per heavy atom. The quantitative estimate of drug-likeness (QED) is 0.392. The van der Waals surface area contributed by atoms with Gasteiger partial charge in [-0.25, -0.2) is 13.1 Å². The molecule has 140 valence electrons. The number of hydrogen-bond donors (Lipinski definition) is 2. The van der Waals surface area contributed by atoms with Crippen LogP contribution in [0.5, 0.6) is 5.75 Å². The first-order valence-electron chi connectivity index (χ1n) is 7.92. The SMILES string of the molecule is COc1ccc(CNCCNS(=O)(=O)c2ccc(C)cc2)cc1[N+](=O)[O-]. The van der Waals surface area contributed by atoms with Crippen LogP contribution in [-0.4, -0.2) is 33.5 Å². The van der Waals surface area contributed by atoms with Crippen molar-refractivity contribution in [3.8, 4) is 5.75 Å². The molecule has 0 heterocycles. The van der Waals surface area contributed by atoms with Crippen molar-refractivity contribution in [1.82, 2.24) is 10.0 Å². The van der Waals surface area contributed by atoms with Gasteiger partial charge in [-0.15, -0.1) is 0 Å². The van der Waals surface area contributed by atoms with Crippen LogP contribution in [-0.2, 0) is 16.6 Å². The largest absolute Gasteiger partial charge is 0.490 e. The van der Waals surface area contributed by atoms with E-state index in [-0.39, 0.29) is 22.9 Å². The lowest BCUT2D eigenvalue weighted by molar-refractivity contribution is -0.385. The van der Waals surface area contributed by atoms with E-state index in [9.17, 15) is 18.5 Å². The molecule has 0 aliphatic heterocycles. The molecule has 0 bridgehead atoms. The number of aryl methyl sites for hydroxylation is 1. The fourth-order valence-electron chi connectivity index (χ4n) is 2.30. The zero-order valence-electron chi connectivity index (χ0n) is 14.6. The number of nitrogens with one attached hydrogen (secondary N) is 2. The minimum absolute atomic E-state index is 0.105. The fraction of sp³-hybridized carbons (Fsp3) is 0.294. The van der Waals surface area contributed by atoms with Gasteiger partial charge in [-0.3, -0.25) is 10.1 Å². The molecular weight excluding hydrogens is 358 g/mol. The molecule has 2 N–H and O–H groups in total. The van der Waals surface area contributed by atoms with Gasteiger partial charge in [0.25, 0.3) is 0 Å². The number of nitro benzene ring substituents is 1. The maximum atomic E-state index is 12.1. The minimum atomic E-state index is -3.54. The maximum Gasteiger partial charge on any atom is 0.311 e. The molecule has 2 aromatic carbocycles. The molecule has 0 radical (unpaired) electrons. The fourth-order valence-corrected chi connectivity index (χ4v) is 3.33. The summed E-state index contributed by atoms with van der Waals surface area (Å²) in [5, 5.41) is 14.1. The summed E-state index contributed by atoms with van der Waals surface area (Å²) < 4.78 is 31.7. The lowest BCUT2D eigenvalue weighted by Crippen LogP contribution is -2.31. The summed E-state index contributed by atoms with van der Waals surface area (Å²) >= 11 is 0. The molecule has 9 heteroatoms. The van der Waals surface area contributed by atoms with Crippen LogP contribution in [0.4, 0.5) is 5.69 Å². The number of nitrogens with zero attached hydrogens (tertiary/aromatic N) is 1. The van der Waals surface area contributed by atoms with Gasteiger partial charge in [-0.1, -0.05) is 23.8 Å². The Labute approximate surface area is 152 Å².